The van der Waals surface area contributed by atoms with Gasteiger partial charge in [-0.3, -0.25) is 4.79 Å². The van der Waals surface area contributed by atoms with E-state index in [1.165, 1.54) is 12.3 Å². The monoisotopic (exact) mass is 438 g/mol. The van der Waals surface area contributed by atoms with Crippen LogP contribution in [0, 0.1) is 0 Å². The molecule has 0 spiro atoms. The van der Waals surface area contributed by atoms with E-state index in [-0.39, 0.29) is 12.0 Å². The molecule has 0 aromatic carbocycles. The number of alkyl halides is 3. The Morgan fingerprint density at radius 2 is 1.87 bits per heavy atom. The number of carbonyl (C=O) groups excluding carboxylic acids is 1. The van der Waals surface area contributed by atoms with Gasteiger partial charge in [-0.1, -0.05) is 0 Å². The molecule has 0 bridgehead atoms. The Bertz CT molecular complexity index is 863. The van der Waals surface area contributed by atoms with Gasteiger partial charge in [0.1, 0.15) is 11.9 Å². The zero-order valence-corrected chi connectivity index (χ0v) is 17.0. The molecule has 6 nitrogen and oxygen atoms in total. The molecule has 2 aromatic rings. The standard InChI is InChI=1S/C20H21F3N4O2S/c21-20(22,23)15-2-3-17(24-12-15)26-6-8-27(9-7-26)19(28)14-1-4-18(25-11-14)29-16-5-10-30-13-16/h1-4,11-12,16H,5-10,13H2/t16-/m1/s1. The molecule has 2 aliphatic rings. The van der Waals surface area contributed by atoms with Crippen LogP contribution in [-0.4, -0.2) is 64.6 Å². The van der Waals surface area contributed by atoms with Crippen LogP contribution in [0.4, 0.5) is 19.0 Å². The van der Waals surface area contributed by atoms with Crippen molar-refractivity contribution < 1.29 is 22.7 Å². The van der Waals surface area contributed by atoms with Gasteiger partial charge in [0.25, 0.3) is 5.91 Å². The van der Waals surface area contributed by atoms with Crippen molar-refractivity contribution in [3.8, 4) is 5.88 Å². The van der Waals surface area contributed by atoms with Crippen molar-refractivity contribution >= 4 is 23.5 Å². The second-order valence-corrected chi connectivity index (χ2v) is 8.32. The largest absolute Gasteiger partial charge is 0.473 e. The van der Waals surface area contributed by atoms with Crippen LogP contribution < -0.4 is 9.64 Å². The molecule has 0 saturated carbocycles. The van der Waals surface area contributed by atoms with Crippen molar-refractivity contribution in [1.29, 1.82) is 0 Å². The summed E-state index contributed by atoms with van der Waals surface area (Å²) in [5.41, 5.74) is -0.282. The van der Waals surface area contributed by atoms with E-state index < -0.39 is 11.7 Å². The summed E-state index contributed by atoms with van der Waals surface area (Å²) < 4.78 is 43.8. The second kappa shape index (κ2) is 8.71. The number of halogens is 3. The Balaban J connectivity index is 1.31. The lowest BCUT2D eigenvalue weighted by Crippen LogP contribution is -2.49. The summed E-state index contributed by atoms with van der Waals surface area (Å²) in [6.07, 6.45) is -0.849. The quantitative estimate of drug-likeness (QED) is 0.730. The Morgan fingerprint density at radius 1 is 1.07 bits per heavy atom. The van der Waals surface area contributed by atoms with Crippen LogP contribution in [0.15, 0.2) is 36.7 Å². The van der Waals surface area contributed by atoms with Gasteiger partial charge in [0, 0.05) is 50.4 Å². The third-order valence-corrected chi connectivity index (χ3v) is 6.26. The van der Waals surface area contributed by atoms with Gasteiger partial charge in [-0.2, -0.15) is 24.9 Å². The molecule has 160 valence electrons. The van der Waals surface area contributed by atoms with Gasteiger partial charge in [-0.15, -0.1) is 0 Å². The number of thioether (sulfide) groups is 1. The summed E-state index contributed by atoms with van der Waals surface area (Å²) in [5, 5.41) is 0. The third-order valence-electron chi connectivity index (χ3n) is 5.12. The summed E-state index contributed by atoms with van der Waals surface area (Å²) in [4.78, 5) is 24.5. The Hall–Kier alpha value is -2.49. The van der Waals surface area contributed by atoms with Crippen molar-refractivity contribution in [2.45, 2.75) is 18.7 Å². The minimum Gasteiger partial charge on any atom is -0.473 e. The van der Waals surface area contributed by atoms with E-state index in [1.807, 2.05) is 16.7 Å². The normalized spacial score (nSPS) is 19.8. The van der Waals surface area contributed by atoms with Gasteiger partial charge >= 0.3 is 6.18 Å². The number of amides is 1. The molecule has 4 rings (SSSR count). The molecule has 0 unspecified atom stereocenters. The van der Waals surface area contributed by atoms with Crippen LogP contribution in [0.25, 0.3) is 0 Å². The van der Waals surface area contributed by atoms with E-state index in [4.69, 9.17) is 4.74 Å². The average Bonchev–Trinajstić information content (AvgIpc) is 3.26. The summed E-state index contributed by atoms with van der Waals surface area (Å²) in [6, 6.07) is 5.83. The fraction of sp³-hybridized carbons (Fsp3) is 0.450. The first kappa shape index (κ1) is 20.8. The van der Waals surface area contributed by atoms with Crippen molar-refractivity contribution in [3.63, 3.8) is 0 Å². The fourth-order valence-corrected chi connectivity index (χ4v) is 4.51. The average molecular weight is 438 g/mol. The highest BCUT2D eigenvalue weighted by atomic mass is 32.2. The highest BCUT2D eigenvalue weighted by molar-refractivity contribution is 7.99. The smallest absolute Gasteiger partial charge is 0.417 e. The molecule has 1 atom stereocenters. The molecule has 10 heteroatoms. The van der Waals surface area contributed by atoms with Crippen LogP contribution in [0.2, 0.25) is 0 Å². The predicted molar refractivity (Wildman–Crippen MR) is 108 cm³/mol. The molecular weight excluding hydrogens is 417 g/mol. The van der Waals surface area contributed by atoms with Crippen molar-refractivity contribution in [2.75, 3.05) is 42.6 Å². The number of hydrogen-bond acceptors (Lipinski definition) is 6. The number of hydrogen-bond donors (Lipinski definition) is 0. The number of pyridine rings is 2. The Morgan fingerprint density at radius 3 is 2.43 bits per heavy atom. The van der Waals surface area contributed by atoms with E-state index in [0.717, 1.165) is 30.2 Å². The molecule has 2 aliphatic heterocycles. The van der Waals surface area contributed by atoms with E-state index in [1.54, 1.807) is 17.0 Å². The summed E-state index contributed by atoms with van der Waals surface area (Å²) in [6.45, 7) is 1.91. The minimum absolute atomic E-state index is 0.120. The van der Waals surface area contributed by atoms with Gasteiger partial charge in [0.15, 0.2) is 0 Å². The molecule has 0 radical (unpaired) electrons. The number of carbonyl (C=O) groups is 1. The van der Waals surface area contributed by atoms with Crippen LogP contribution in [-0.2, 0) is 6.18 Å². The highest BCUT2D eigenvalue weighted by Gasteiger charge is 2.31. The van der Waals surface area contributed by atoms with E-state index in [0.29, 0.717) is 43.4 Å². The fourth-order valence-electron chi connectivity index (χ4n) is 3.42. The molecular formula is C20H21F3N4O2S. The van der Waals surface area contributed by atoms with Gasteiger partial charge in [0.05, 0.1) is 11.1 Å². The first-order chi connectivity index (χ1) is 14.4. The zero-order valence-electron chi connectivity index (χ0n) is 16.1. The van der Waals surface area contributed by atoms with E-state index in [9.17, 15) is 18.0 Å². The Kier molecular flexibility index (Phi) is 6.03. The molecule has 0 aliphatic carbocycles. The topological polar surface area (TPSA) is 58.6 Å². The number of anilines is 1. The molecule has 2 aromatic heterocycles. The number of aromatic nitrogens is 2. The van der Waals surface area contributed by atoms with Crippen molar-refractivity contribution in [2.24, 2.45) is 0 Å². The van der Waals surface area contributed by atoms with Crippen molar-refractivity contribution in [3.05, 3.63) is 47.8 Å². The summed E-state index contributed by atoms with van der Waals surface area (Å²) >= 11 is 1.86. The highest BCUT2D eigenvalue weighted by Crippen LogP contribution is 2.29. The number of ether oxygens (including phenoxy) is 1. The minimum atomic E-state index is -4.40. The lowest BCUT2D eigenvalue weighted by molar-refractivity contribution is -0.137. The Labute approximate surface area is 176 Å². The number of rotatable bonds is 4. The van der Waals surface area contributed by atoms with Crippen LogP contribution in [0.5, 0.6) is 5.88 Å². The van der Waals surface area contributed by atoms with Gasteiger partial charge in [-0.05, 0) is 30.4 Å². The number of piperazine rings is 1. The van der Waals surface area contributed by atoms with Gasteiger partial charge in [0.2, 0.25) is 5.88 Å². The van der Waals surface area contributed by atoms with Crippen LogP contribution in [0.3, 0.4) is 0 Å². The first-order valence-electron chi connectivity index (χ1n) is 9.68. The molecule has 2 saturated heterocycles. The maximum atomic E-state index is 12.7. The predicted octanol–water partition coefficient (Wildman–Crippen LogP) is 3.34. The molecule has 0 N–H and O–H groups in total. The first-order valence-corrected chi connectivity index (χ1v) is 10.8. The molecule has 4 heterocycles. The molecule has 30 heavy (non-hydrogen) atoms. The van der Waals surface area contributed by atoms with Gasteiger partial charge < -0.3 is 14.5 Å². The maximum Gasteiger partial charge on any atom is 0.417 e. The van der Waals surface area contributed by atoms with Crippen LogP contribution in [0.1, 0.15) is 22.3 Å². The maximum absolute atomic E-state index is 12.7. The van der Waals surface area contributed by atoms with Crippen molar-refractivity contribution in [1.82, 2.24) is 14.9 Å². The lowest BCUT2D eigenvalue weighted by Gasteiger charge is -2.35. The van der Waals surface area contributed by atoms with Gasteiger partial charge in [-0.25, -0.2) is 9.97 Å². The molecule has 2 fully saturated rings. The van der Waals surface area contributed by atoms with E-state index >= 15 is 0 Å². The molecule has 1 amide bonds. The SMILES string of the molecule is O=C(c1ccc(O[C@@H]2CCSC2)nc1)N1CCN(c2ccc(C(F)(F)F)cn2)CC1. The van der Waals surface area contributed by atoms with E-state index in [2.05, 4.69) is 9.97 Å². The lowest BCUT2D eigenvalue weighted by atomic mass is 10.2. The second-order valence-electron chi connectivity index (χ2n) is 7.17. The third kappa shape index (κ3) is 4.80. The number of nitrogens with zero attached hydrogens (tertiary/aromatic N) is 4. The summed E-state index contributed by atoms with van der Waals surface area (Å²) in [5.74, 6) is 2.93. The zero-order chi connectivity index (χ0) is 21.1. The van der Waals surface area contributed by atoms with Crippen LogP contribution >= 0.6 is 11.8 Å². The summed E-state index contributed by atoms with van der Waals surface area (Å²) in [7, 11) is 0.